The van der Waals surface area contributed by atoms with Crippen LogP contribution < -0.4 is 22.0 Å². The van der Waals surface area contributed by atoms with Gasteiger partial charge >= 0.3 is 0 Å². The van der Waals surface area contributed by atoms with Gasteiger partial charge < -0.3 is 15.6 Å². The van der Waals surface area contributed by atoms with Crippen LogP contribution in [0.2, 0.25) is 0 Å². The minimum absolute atomic E-state index is 0.262. The second kappa shape index (κ2) is 7.17. The Labute approximate surface area is 119 Å². The molecule has 1 heterocycles. The number of carbonyl (C=O) groups is 2. The van der Waals surface area contributed by atoms with E-state index in [9.17, 15) is 14.2 Å². The van der Waals surface area contributed by atoms with Gasteiger partial charge in [0.05, 0.1) is 6.04 Å². The molecule has 0 aromatic carbocycles. The van der Waals surface area contributed by atoms with Gasteiger partial charge in [-0.1, -0.05) is 6.92 Å². The van der Waals surface area contributed by atoms with Gasteiger partial charge in [-0.25, -0.2) is 5.84 Å². The van der Waals surface area contributed by atoms with Gasteiger partial charge in [0.25, 0.3) is 5.91 Å². The fraction of sp³-hybridized carbons (Fsp3) is 0.818. The van der Waals surface area contributed by atoms with Crippen LogP contribution in [-0.2, 0) is 14.2 Å². The Morgan fingerprint density at radius 2 is 2.25 bits per heavy atom. The minimum Gasteiger partial charge on any atom is -0.355 e. The average Bonchev–Trinajstić information content (AvgIpc) is 2.41. The predicted octanol–water partition coefficient (Wildman–Crippen LogP) is -0.883. The summed E-state index contributed by atoms with van der Waals surface area (Å²) >= 11 is 0. The van der Waals surface area contributed by atoms with Gasteiger partial charge in [0.15, 0.2) is 13.2 Å². The van der Waals surface area contributed by atoms with Crippen molar-refractivity contribution in [2.75, 3.05) is 13.1 Å². The van der Waals surface area contributed by atoms with Crippen molar-refractivity contribution in [3.05, 3.63) is 0 Å². The van der Waals surface area contributed by atoms with Crippen molar-refractivity contribution in [3.63, 3.8) is 0 Å². The Balaban J connectivity index is 2.65. The molecule has 0 bridgehead atoms. The van der Waals surface area contributed by atoms with Crippen molar-refractivity contribution < 1.29 is 14.2 Å². The molecule has 1 fully saturated rings. The molecule has 1 saturated heterocycles. The van der Waals surface area contributed by atoms with Gasteiger partial charge in [0, 0.05) is 13.1 Å². The summed E-state index contributed by atoms with van der Waals surface area (Å²) < 4.78 is 12.3. The summed E-state index contributed by atoms with van der Waals surface area (Å²) in [5.74, 6) is 4.72. The van der Waals surface area contributed by atoms with Crippen LogP contribution in [0.4, 0.5) is 0 Å². The Morgan fingerprint density at radius 3 is 2.85 bits per heavy atom. The Hall–Kier alpha value is -0.950. The van der Waals surface area contributed by atoms with Gasteiger partial charge in [-0.3, -0.25) is 19.7 Å². The molecule has 2 amide bonds. The molecule has 1 aliphatic rings. The van der Waals surface area contributed by atoms with Crippen LogP contribution in [0.3, 0.4) is 0 Å². The van der Waals surface area contributed by atoms with E-state index in [0.717, 1.165) is 11.4 Å². The highest BCUT2D eigenvalue weighted by Crippen LogP contribution is 2.38. The summed E-state index contributed by atoms with van der Waals surface area (Å²) in [6.07, 6.45) is 1.70. The summed E-state index contributed by atoms with van der Waals surface area (Å²) in [6.45, 7) is 4.48. The van der Waals surface area contributed by atoms with Crippen molar-refractivity contribution in [1.29, 1.82) is 0 Å². The first-order chi connectivity index (χ1) is 9.32. The van der Waals surface area contributed by atoms with Gasteiger partial charge in [-0.2, -0.15) is 0 Å². The lowest BCUT2D eigenvalue weighted by Gasteiger charge is -2.36. The molecule has 1 aliphatic heterocycles. The molecule has 0 aromatic heterocycles. The molecule has 0 spiro atoms. The van der Waals surface area contributed by atoms with Crippen LogP contribution in [0.5, 0.6) is 0 Å². The number of nitrogens with zero attached hydrogens (tertiary/aromatic N) is 1. The second-order valence-electron chi connectivity index (χ2n) is 5.06. The van der Waals surface area contributed by atoms with Crippen LogP contribution in [0.25, 0.3) is 0 Å². The smallest absolute Gasteiger partial charge is 0.265 e. The van der Waals surface area contributed by atoms with Crippen LogP contribution in [0, 0.1) is 0 Å². The maximum Gasteiger partial charge on any atom is 0.265 e. The summed E-state index contributed by atoms with van der Waals surface area (Å²) in [5.41, 5.74) is 5.95. The van der Waals surface area contributed by atoms with E-state index in [-0.39, 0.29) is 5.91 Å². The second-order valence-corrected chi connectivity index (χ2v) is 6.90. The van der Waals surface area contributed by atoms with Crippen molar-refractivity contribution in [1.82, 2.24) is 15.4 Å². The van der Waals surface area contributed by atoms with Crippen LogP contribution in [-0.4, -0.2) is 41.2 Å². The number of nitrogens with two attached hydrogens (primary N) is 2. The molecule has 9 heteroatoms. The first kappa shape index (κ1) is 17.1. The highest BCUT2D eigenvalue weighted by atomic mass is 31.1. The molecule has 2 unspecified atom stereocenters. The Bertz CT molecular complexity index is 406. The number of carbonyl (C=O) groups excluding carboxylic acids is 2. The number of nitrogens with one attached hydrogen (secondary N) is 2. The van der Waals surface area contributed by atoms with Crippen LogP contribution in [0.1, 0.15) is 33.1 Å². The standard InChI is InChI=1S/C11H24N5O3P/c1-3-6-14-9(17)8(2)15-20(19)11(12)5-4-7-16(13)10(11)18/h8,20H,3-7,12-13H2,1-2H3,(H,14,17)(H,15,19)/t8?,11-/m0/s1. The molecular formula is C11H24N5O3P. The highest BCUT2D eigenvalue weighted by molar-refractivity contribution is 7.45. The lowest BCUT2D eigenvalue weighted by molar-refractivity contribution is -0.137. The summed E-state index contributed by atoms with van der Waals surface area (Å²) in [7, 11) is -2.69. The van der Waals surface area contributed by atoms with E-state index in [1.54, 1.807) is 6.92 Å². The largest absolute Gasteiger partial charge is 0.355 e. The van der Waals surface area contributed by atoms with Crippen molar-refractivity contribution in [2.45, 2.75) is 44.4 Å². The zero-order chi connectivity index (χ0) is 15.3. The summed E-state index contributed by atoms with van der Waals surface area (Å²) in [5, 5.41) is 4.84. The Morgan fingerprint density at radius 1 is 1.60 bits per heavy atom. The minimum atomic E-state index is -2.69. The zero-order valence-electron chi connectivity index (χ0n) is 11.9. The third kappa shape index (κ3) is 3.79. The number of hydrogen-bond acceptors (Lipinski definition) is 5. The van der Waals surface area contributed by atoms with Crippen molar-refractivity contribution in [3.8, 4) is 0 Å². The topological polar surface area (TPSA) is 131 Å². The van der Waals surface area contributed by atoms with E-state index in [0.29, 0.717) is 25.9 Å². The first-order valence-electron chi connectivity index (χ1n) is 6.77. The first-order valence-corrected chi connectivity index (χ1v) is 8.18. The van der Waals surface area contributed by atoms with E-state index < -0.39 is 25.2 Å². The van der Waals surface area contributed by atoms with Gasteiger partial charge in [-0.05, 0) is 26.2 Å². The molecule has 1 rings (SSSR count). The molecule has 0 radical (unpaired) electrons. The fourth-order valence-corrected chi connectivity index (χ4v) is 3.52. The van der Waals surface area contributed by atoms with Gasteiger partial charge in [-0.15, -0.1) is 0 Å². The molecule has 0 aliphatic carbocycles. The molecule has 0 saturated carbocycles. The monoisotopic (exact) mass is 305 g/mol. The van der Waals surface area contributed by atoms with E-state index >= 15 is 0 Å². The van der Waals surface area contributed by atoms with Gasteiger partial charge in [0.1, 0.15) is 0 Å². The normalized spacial score (nSPS) is 26.2. The molecule has 6 N–H and O–H groups in total. The number of amides is 2. The number of piperidine rings is 1. The molecule has 20 heavy (non-hydrogen) atoms. The van der Waals surface area contributed by atoms with E-state index in [1.165, 1.54) is 0 Å². The average molecular weight is 305 g/mol. The fourth-order valence-electron chi connectivity index (χ4n) is 2.00. The van der Waals surface area contributed by atoms with Crippen molar-refractivity contribution >= 4 is 19.8 Å². The summed E-state index contributed by atoms with van der Waals surface area (Å²) in [4.78, 5) is 23.7. The summed E-state index contributed by atoms with van der Waals surface area (Å²) in [6, 6.07) is -0.672. The molecule has 3 atom stereocenters. The maximum atomic E-state index is 12.3. The Kier molecular flexibility index (Phi) is 6.13. The molecular weight excluding hydrogens is 281 g/mol. The number of hydrazine groups is 1. The van der Waals surface area contributed by atoms with Crippen LogP contribution in [0.15, 0.2) is 0 Å². The highest BCUT2D eigenvalue weighted by Gasteiger charge is 2.45. The van der Waals surface area contributed by atoms with E-state index in [1.807, 2.05) is 6.92 Å². The quantitative estimate of drug-likeness (QED) is 0.286. The van der Waals surface area contributed by atoms with E-state index in [2.05, 4.69) is 10.4 Å². The molecule has 8 nitrogen and oxygen atoms in total. The predicted molar refractivity (Wildman–Crippen MR) is 77.0 cm³/mol. The SMILES string of the molecule is CCCNC(=O)C(C)N[PH](=O)[C@@]1(N)CCCN(N)C1=O. The lowest BCUT2D eigenvalue weighted by atomic mass is 10.1. The van der Waals surface area contributed by atoms with Crippen molar-refractivity contribution in [2.24, 2.45) is 11.6 Å². The lowest BCUT2D eigenvalue weighted by Crippen LogP contribution is -2.60. The maximum absolute atomic E-state index is 12.3. The molecule has 0 aromatic rings. The zero-order valence-corrected chi connectivity index (χ0v) is 12.9. The third-order valence-electron chi connectivity index (χ3n) is 3.31. The van der Waals surface area contributed by atoms with E-state index in [4.69, 9.17) is 11.6 Å². The number of hydrogen-bond donors (Lipinski definition) is 4. The number of rotatable bonds is 6. The molecule has 116 valence electrons. The van der Waals surface area contributed by atoms with Crippen LogP contribution >= 0.6 is 7.95 Å². The van der Waals surface area contributed by atoms with Gasteiger partial charge in [0.2, 0.25) is 5.91 Å². The third-order valence-corrected chi connectivity index (χ3v) is 5.28.